The van der Waals surface area contributed by atoms with Crippen LogP contribution in [0.4, 0.5) is 0 Å². The van der Waals surface area contributed by atoms with Gasteiger partial charge in [-0.15, -0.1) is 23.1 Å². The Bertz CT molecular complexity index is 1090. The average molecular weight is 468 g/mol. The van der Waals surface area contributed by atoms with Crippen molar-refractivity contribution < 1.29 is 8.42 Å². The molecule has 3 nitrogen and oxygen atoms in total. The van der Waals surface area contributed by atoms with Crippen molar-refractivity contribution in [1.82, 2.24) is 4.31 Å². The Morgan fingerprint density at radius 3 is 2.62 bits per heavy atom. The Labute approximate surface area is 187 Å². The van der Waals surface area contributed by atoms with Gasteiger partial charge in [0.15, 0.2) is 0 Å². The van der Waals surface area contributed by atoms with Gasteiger partial charge in [0.05, 0.1) is 0 Å². The van der Waals surface area contributed by atoms with E-state index in [4.69, 9.17) is 11.6 Å². The highest BCUT2D eigenvalue weighted by Gasteiger charge is 2.28. The third-order valence-electron chi connectivity index (χ3n) is 4.79. The van der Waals surface area contributed by atoms with Gasteiger partial charge in [0.25, 0.3) is 10.0 Å². The van der Waals surface area contributed by atoms with Crippen LogP contribution in [0.2, 0.25) is 5.02 Å². The molecule has 7 heteroatoms. The van der Waals surface area contributed by atoms with Gasteiger partial charge in [-0.3, -0.25) is 0 Å². The molecule has 0 saturated carbocycles. The zero-order valence-corrected chi connectivity index (χ0v) is 20.1. The third-order valence-corrected chi connectivity index (χ3v) is 9.77. The first-order valence-corrected chi connectivity index (χ1v) is 13.3. The van der Waals surface area contributed by atoms with E-state index in [9.17, 15) is 8.42 Å². The number of halogens is 1. The van der Waals surface area contributed by atoms with E-state index in [-0.39, 0.29) is 0 Å². The van der Waals surface area contributed by atoms with Gasteiger partial charge in [0.2, 0.25) is 0 Å². The van der Waals surface area contributed by atoms with Crippen LogP contribution in [0.1, 0.15) is 30.9 Å². The summed E-state index contributed by atoms with van der Waals surface area (Å²) in [4.78, 5) is 1.17. The van der Waals surface area contributed by atoms with E-state index < -0.39 is 10.0 Å². The van der Waals surface area contributed by atoms with E-state index in [1.807, 2.05) is 31.2 Å². The summed E-state index contributed by atoms with van der Waals surface area (Å²) in [6.07, 6.45) is 1.81. The maximum atomic E-state index is 13.5. The Morgan fingerprint density at radius 2 is 1.90 bits per heavy atom. The van der Waals surface area contributed by atoms with Gasteiger partial charge < -0.3 is 0 Å². The molecular formula is C22H26ClNO2S3. The molecule has 0 aliphatic rings. The van der Waals surface area contributed by atoms with E-state index in [0.717, 1.165) is 34.2 Å². The van der Waals surface area contributed by atoms with Crippen molar-refractivity contribution >= 4 is 54.8 Å². The fourth-order valence-corrected chi connectivity index (χ4v) is 7.83. The smallest absolute Gasteiger partial charge is 0.206 e. The van der Waals surface area contributed by atoms with Crippen LogP contribution in [0.3, 0.4) is 0 Å². The normalized spacial score (nSPS) is 12.2. The number of thioether (sulfide) groups is 1. The molecule has 156 valence electrons. The molecule has 29 heavy (non-hydrogen) atoms. The highest BCUT2D eigenvalue weighted by molar-refractivity contribution is 7.99. The Hall–Kier alpha value is -1.05. The number of rotatable bonds is 9. The van der Waals surface area contributed by atoms with Gasteiger partial charge in [-0.1, -0.05) is 42.6 Å². The second-order valence-corrected chi connectivity index (χ2v) is 11.9. The number of nitrogens with zero attached hydrogens (tertiary/aromatic N) is 1. The number of sulfonamides is 1. The minimum atomic E-state index is -3.55. The van der Waals surface area contributed by atoms with Crippen molar-refractivity contribution in [2.45, 2.75) is 42.7 Å². The van der Waals surface area contributed by atoms with Crippen molar-refractivity contribution in [2.75, 3.05) is 18.8 Å². The van der Waals surface area contributed by atoms with Gasteiger partial charge >= 0.3 is 0 Å². The molecule has 1 heterocycles. The predicted molar refractivity (Wildman–Crippen MR) is 127 cm³/mol. The molecule has 1 aromatic heterocycles. The quantitative estimate of drug-likeness (QED) is 0.326. The molecule has 0 unspecified atom stereocenters. The second-order valence-electron chi connectivity index (χ2n) is 7.08. The topological polar surface area (TPSA) is 37.4 Å². The lowest BCUT2D eigenvalue weighted by Crippen LogP contribution is -2.34. The Balaban J connectivity index is 1.83. The molecule has 3 aromatic rings. The molecule has 2 aromatic carbocycles. The molecule has 0 spiro atoms. The number of hydrogen-bond donors (Lipinski definition) is 0. The van der Waals surface area contributed by atoms with Gasteiger partial charge in [0, 0.05) is 33.5 Å². The molecule has 0 saturated heterocycles. The molecular weight excluding hydrogens is 442 g/mol. The zero-order valence-electron chi connectivity index (χ0n) is 16.9. The number of benzene rings is 2. The minimum absolute atomic E-state index is 0.437. The molecule has 0 N–H and O–H groups in total. The molecule has 0 atom stereocenters. The van der Waals surface area contributed by atoms with E-state index in [1.165, 1.54) is 21.8 Å². The molecule has 0 aliphatic carbocycles. The summed E-state index contributed by atoms with van der Waals surface area (Å²) in [7, 11) is -3.55. The van der Waals surface area contributed by atoms with Crippen molar-refractivity contribution in [3.8, 4) is 0 Å². The first-order valence-electron chi connectivity index (χ1n) is 9.71. The molecule has 0 bridgehead atoms. The largest absolute Gasteiger partial charge is 0.252 e. The van der Waals surface area contributed by atoms with Crippen LogP contribution in [0.25, 0.3) is 10.1 Å². The summed E-state index contributed by atoms with van der Waals surface area (Å²) in [5.74, 6) is 0.724. The number of unbranched alkanes of at least 4 members (excludes halogenated alkanes) is 1. The SMILES string of the molecule is CCCCN(CCSc1cccc(C)c1)S(=O)(=O)c1sc2ccc(Cl)cc2c1C. The predicted octanol–water partition coefficient (Wildman–Crippen LogP) is 6.75. The summed E-state index contributed by atoms with van der Waals surface area (Å²) in [5.41, 5.74) is 2.00. The lowest BCUT2D eigenvalue weighted by atomic mass is 10.2. The average Bonchev–Trinajstić information content (AvgIpc) is 3.01. The Kier molecular flexibility index (Phi) is 7.68. The van der Waals surface area contributed by atoms with Crippen LogP contribution in [-0.4, -0.2) is 31.6 Å². The van der Waals surface area contributed by atoms with Gasteiger partial charge in [-0.25, -0.2) is 8.42 Å². The maximum Gasteiger partial charge on any atom is 0.252 e. The second kappa shape index (κ2) is 9.84. The maximum absolute atomic E-state index is 13.5. The first kappa shape index (κ1) is 22.6. The van der Waals surface area contributed by atoms with Crippen LogP contribution < -0.4 is 0 Å². The number of hydrogen-bond acceptors (Lipinski definition) is 4. The van der Waals surface area contributed by atoms with Gasteiger partial charge in [0.1, 0.15) is 4.21 Å². The van der Waals surface area contributed by atoms with E-state index in [0.29, 0.717) is 22.3 Å². The van der Waals surface area contributed by atoms with Gasteiger partial charge in [-0.2, -0.15) is 4.31 Å². The standard InChI is InChI=1S/C22H26ClNO2S3/c1-4-5-11-24(12-13-27-19-8-6-7-16(2)14-19)29(25,26)22-17(3)20-15-18(23)9-10-21(20)28-22/h6-10,14-15H,4-5,11-13H2,1-3H3. The molecule has 3 rings (SSSR count). The van der Waals surface area contributed by atoms with Crippen molar-refractivity contribution in [3.05, 3.63) is 58.6 Å². The third kappa shape index (κ3) is 5.36. The van der Waals surface area contributed by atoms with Gasteiger partial charge in [-0.05, 0) is 61.5 Å². The highest BCUT2D eigenvalue weighted by atomic mass is 35.5. The van der Waals surface area contributed by atoms with Crippen molar-refractivity contribution in [2.24, 2.45) is 0 Å². The van der Waals surface area contributed by atoms with Crippen LogP contribution in [-0.2, 0) is 10.0 Å². The molecule has 0 fully saturated rings. The number of aryl methyl sites for hydroxylation is 2. The molecule has 0 amide bonds. The lowest BCUT2D eigenvalue weighted by molar-refractivity contribution is 0.422. The highest BCUT2D eigenvalue weighted by Crippen LogP contribution is 2.37. The minimum Gasteiger partial charge on any atom is -0.206 e. The summed E-state index contributed by atoms with van der Waals surface area (Å²) in [6, 6.07) is 13.9. The summed E-state index contributed by atoms with van der Waals surface area (Å²) in [6.45, 7) is 7.07. The van der Waals surface area contributed by atoms with Crippen LogP contribution in [0.5, 0.6) is 0 Å². The van der Waals surface area contributed by atoms with Crippen LogP contribution >= 0.6 is 34.7 Å². The summed E-state index contributed by atoms with van der Waals surface area (Å²) < 4.78 is 30.1. The summed E-state index contributed by atoms with van der Waals surface area (Å²) in [5, 5.41) is 1.55. The molecule has 0 radical (unpaired) electrons. The molecule has 0 aliphatic heterocycles. The first-order chi connectivity index (χ1) is 13.8. The Morgan fingerprint density at radius 1 is 1.10 bits per heavy atom. The fraction of sp³-hybridized carbons (Fsp3) is 0.364. The van der Waals surface area contributed by atoms with Crippen LogP contribution in [0, 0.1) is 13.8 Å². The van der Waals surface area contributed by atoms with Crippen molar-refractivity contribution in [1.29, 1.82) is 0 Å². The number of thiophene rings is 1. The van der Waals surface area contributed by atoms with E-state index in [1.54, 1.807) is 16.1 Å². The van der Waals surface area contributed by atoms with E-state index >= 15 is 0 Å². The fourth-order valence-electron chi connectivity index (χ4n) is 3.19. The van der Waals surface area contributed by atoms with E-state index in [2.05, 4.69) is 32.0 Å². The monoisotopic (exact) mass is 467 g/mol. The zero-order chi connectivity index (χ0) is 21.0. The lowest BCUT2D eigenvalue weighted by Gasteiger charge is -2.21. The van der Waals surface area contributed by atoms with Crippen LogP contribution in [0.15, 0.2) is 51.6 Å². The number of fused-ring (bicyclic) bond motifs is 1. The summed E-state index contributed by atoms with van der Waals surface area (Å²) >= 11 is 9.16. The van der Waals surface area contributed by atoms with Crippen molar-refractivity contribution in [3.63, 3.8) is 0 Å².